The summed E-state index contributed by atoms with van der Waals surface area (Å²) in [5, 5.41) is 18.7. The molecule has 7 N–H and O–H groups in total. The Hall–Kier alpha value is -1.44. The van der Waals surface area contributed by atoms with Crippen LogP contribution in [0.1, 0.15) is 0 Å². The number of nitrogens with two attached hydrogens (primary N) is 2. The Bertz CT molecular complexity index is 186. The van der Waals surface area contributed by atoms with Gasteiger partial charge in [-0.3, -0.25) is 0 Å². The Morgan fingerprint density at radius 3 is 1.53 bits per heavy atom. The molecule has 0 fully saturated rings. The van der Waals surface area contributed by atoms with Gasteiger partial charge in [-0.2, -0.15) is 0 Å². The number of carboxylic acids is 2. The molecule has 0 atom stereocenters. The summed E-state index contributed by atoms with van der Waals surface area (Å²) in [6, 6.07) is 0. The summed E-state index contributed by atoms with van der Waals surface area (Å²) in [7, 11) is 0. The number of hydrogen-bond donors (Lipinski definition) is 5. The maximum Gasteiger partial charge on any atom is 0.328 e. The first-order valence-electron chi connectivity index (χ1n) is 4.29. The number of aliphatic carboxylic acids is 2. The Balaban J connectivity index is 0. The molecule has 0 aliphatic rings. The monoisotopic (exact) mass is 219 g/mol. The Labute approximate surface area is 87.8 Å². The van der Waals surface area contributed by atoms with Gasteiger partial charge in [-0.25, -0.2) is 9.59 Å². The topological polar surface area (TPSA) is 139 Å². The van der Waals surface area contributed by atoms with E-state index in [4.69, 9.17) is 21.7 Å². The van der Waals surface area contributed by atoms with Crippen LogP contribution in [0.3, 0.4) is 0 Å². The second-order valence-electron chi connectivity index (χ2n) is 2.34. The van der Waals surface area contributed by atoms with Crippen molar-refractivity contribution < 1.29 is 19.8 Å². The number of rotatable bonds is 6. The lowest BCUT2D eigenvalue weighted by Gasteiger charge is -1.95. The molecule has 0 spiro atoms. The van der Waals surface area contributed by atoms with Gasteiger partial charge in [-0.15, -0.1) is 0 Å². The summed E-state index contributed by atoms with van der Waals surface area (Å²) in [5.41, 5.74) is 10.3. The normalized spacial score (nSPS) is 9.47. The number of carboxylic acid groups (broad SMARTS) is 2. The third-order valence-corrected chi connectivity index (χ3v) is 1.01. The molecule has 7 heteroatoms. The minimum Gasteiger partial charge on any atom is -0.478 e. The zero-order valence-corrected chi connectivity index (χ0v) is 8.35. The molecule has 0 aromatic rings. The molecule has 0 radical (unpaired) electrons. The molecule has 7 nitrogen and oxygen atoms in total. The van der Waals surface area contributed by atoms with Gasteiger partial charge in [0.25, 0.3) is 0 Å². The Morgan fingerprint density at radius 1 is 1.00 bits per heavy atom. The molecule has 0 unspecified atom stereocenters. The van der Waals surface area contributed by atoms with E-state index in [1.54, 1.807) is 0 Å². The van der Waals surface area contributed by atoms with E-state index < -0.39 is 11.9 Å². The van der Waals surface area contributed by atoms with Crippen molar-refractivity contribution in [3.05, 3.63) is 12.2 Å². The Morgan fingerprint density at radius 2 is 1.33 bits per heavy atom. The third-order valence-electron chi connectivity index (χ3n) is 1.01. The maximum atomic E-state index is 9.55. The van der Waals surface area contributed by atoms with E-state index in [9.17, 15) is 9.59 Å². The van der Waals surface area contributed by atoms with Gasteiger partial charge in [0.1, 0.15) is 0 Å². The Kier molecular flexibility index (Phi) is 13.4. The highest BCUT2D eigenvalue weighted by Crippen LogP contribution is 1.70. The summed E-state index contributed by atoms with van der Waals surface area (Å²) >= 11 is 0. The summed E-state index contributed by atoms with van der Waals surface area (Å²) in [6.07, 6.45) is 1.12. The molecule has 88 valence electrons. The van der Waals surface area contributed by atoms with Crippen LogP contribution in [0.25, 0.3) is 0 Å². The minimum atomic E-state index is -1.26. The lowest BCUT2D eigenvalue weighted by molar-refractivity contribution is -0.134. The smallest absolute Gasteiger partial charge is 0.328 e. The highest BCUT2D eigenvalue weighted by Gasteiger charge is 1.88. The summed E-state index contributed by atoms with van der Waals surface area (Å²) < 4.78 is 0. The molecule has 0 aliphatic carbocycles. The van der Waals surface area contributed by atoms with Crippen LogP contribution in [0.4, 0.5) is 0 Å². The number of nitrogens with one attached hydrogen (secondary N) is 1. The maximum absolute atomic E-state index is 9.55. The molecule has 0 aromatic heterocycles. The lowest BCUT2D eigenvalue weighted by Crippen LogP contribution is -2.27. The first kappa shape index (κ1) is 16.0. The van der Waals surface area contributed by atoms with Crippen molar-refractivity contribution in [2.24, 2.45) is 11.5 Å². The van der Waals surface area contributed by atoms with E-state index in [0.717, 1.165) is 13.1 Å². The molecular formula is C8H17N3O4. The van der Waals surface area contributed by atoms with Gasteiger partial charge in [0, 0.05) is 38.3 Å². The van der Waals surface area contributed by atoms with Crippen molar-refractivity contribution in [3.63, 3.8) is 0 Å². The molecule has 0 saturated carbocycles. The number of hydrogen-bond acceptors (Lipinski definition) is 5. The van der Waals surface area contributed by atoms with Crippen LogP contribution in [-0.2, 0) is 9.59 Å². The van der Waals surface area contributed by atoms with Crippen molar-refractivity contribution in [1.82, 2.24) is 5.32 Å². The van der Waals surface area contributed by atoms with E-state index in [1.807, 2.05) is 0 Å². The molecule has 0 amide bonds. The van der Waals surface area contributed by atoms with Crippen LogP contribution in [0.2, 0.25) is 0 Å². The molecule has 0 bridgehead atoms. The predicted molar refractivity (Wildman–Crippen MR) is 55.4 cm³/mol. The quantitative estimate of drug-likeness (QED) is 0.262. The van der Waals surface area contributed by atoms with Crippen LogP contribution < -0.4 is 16.8 Å². The van der Waals surface area contributed by atoms with Crippen molar-refractivity contribution in [3.8, 4) is 0 Å². The zero-order chi connectivity index (χ0) is 12.1. The summed E-state index contributed by atoms with van der Waals surface area (Å²) in [5.74, 6) is -2.51. The highest BCUT2D eigenvalue weighted by molar-refractivity contribution is 5.89. The third kappa shape index (κ3) is 24.5. The van der Waals surface area contributed by atoms with Crippen LogP contribution in [0, 0.1) is 0 Å². The second kappa shape index (κ2) is 12.6. The minimum absolute atomic E-state index is 0.558. The SMILES string of the molecule is NCCNCCN.O=C(O)C=CC(=O)O. The van der Waals surface area contributed by atoms with Crippen LogP contribution in [0.15, 0.2) is 12.2 Å². The predicted octanol–water partition coefficient (Wildman–Crippen LogP) is -1.79. The fourth-order valence-electron chi connectivity index (χ4n) is 0.472. The number of carbonyl (C=O) groups is 2. The largest absolute Gasteiger partial charge is 0.478 e. The lowest BCUT2D eigenvalue weighted by atomic mass is 10.5. The van der Waals surface area contributed by atoms with Gasteiger partial charge in [-0.05, 0) is 0 Å². The van der Waals surface area contributed by atoms with Gasteiger partial charge in [-0.1, -0.05) is 0 Å². The average molecular weight is 219 g/mol. The summed E-state index contributed by atoms with van der Waals surface area (Å²) in [4.78, 5) is 19.1. The van der Waals surface area contributed by atoms with Crippen LogP contribution in [0.5, 0.6) is 0 Å². The van der Waals surface area contributed by atoms with Crippen LogP contribution >= 0.6 is 0 Å². The van der Waals surface area contributed by atoms with E-state index in [0.29, 0.717) is 25.2 Å². The molecular weight excluding hydrogens is 202 g/mol. The molecule has 0 heterocycles. The molecule has 0 rings (SSSR count). The fraction of sp³-hybridized carbons (Fsp3) is 0.500. The van der Waals surface area contributed by atoms with Gasteiger partial charge < -0.3 is 27.0 Å². The molecule has 15 heavy (non-hydrogen) atoms. The first-order chi connectivity index (χ1) is 7.04. The second-order valence-corrected chi connectivity index (χ2v) is 2.34. The van der Waals surface area contributed by atoms with E-state index in [2.05, 4.69) is 5.32 Å². The van der Waals surface area contributed by atoms with Crippen LogP contribution in [-0.4, -0.2) is 48.3 Å². The van der Waals surface area contributed by atoms with Crippen molar-refractivity contribution in [1.29, 1.82) is 0 Å². The van der Waals surface area contributed by atoms with Crippen molar-refractivity contribution in [2.75, 3.05) is 26.2 Å². The van der Waals surface area contributed by atoms with E-state index >= 15 is 0 Å². The average Bonchev–Trinajstić information content (AvgIpc) is 2.17. The van der Waals surface area contributed by atoms with E-state index in [-0.39, 0.29) is 0 Å². The van der Waals surface area contributed by atoms with Crippen molar-refractivity contribution >= 4 is 11.9 Å². The molecule has 0 aromatic carbocycles. The van der Waals surface area contributed by atoms with Crippen molar-refractivity contribution in [2.45, 2.75) is 0 Å². The van der Waals surface area contributed by atoms with Gasteiger partial charge in [0.2, 0.25) is 0 Å². The first-order valence-corrected chi connectivity index (χ1v) is 4.29. The zero-order valence-electron chi connectivity index (χ0n) is 8.35. The molecule has 0 saturated heterocycles. The van der Waals surface area contributed by atoms with E-state index in [1.165, 1.54) is 0 Å². The molecule has 0 aliphatic heterocycles. The highest BCUT2D eigenvalue weighted by atomic mass is 16.4. The van der Waals surface area contributed by atoms with Gasteiger partial charge in [0.15, 0.2) is 0 Å². The fourth-order valence-corrected chi connectivity index (χ4v) is 0.472. The van der Waals surface area contributed by atoms with Gasteiger partial charge in [0.05, 0.1) is 0 Å². The van der Waals surface area contributed by atoms with Gasteiger partial charge >= 0.3 is 11.9 Å². The summed E-state index contributed by atoms with van der Waals surface area (Å²) in [6.45, 7) is 3.13. The standard InChI is InChI=1S/C4H13N3.C4H4O4/c5-1-3-7-4-2-6;5-3(6)1-2-4(7)8/h7H,1-6H2;1-2H,(H,5,6)(H,7,8).